The van der Waals surface area contributed by atoms with E-state index in [9.17, 15) is 14.2 Å². The van der Waals surface area contributed by atoms with Crippen molar-refractivity contribution in [2.24, 2.45) is 0 Å². The van der Waals surface area contributed by atoms with Crippen molar-refractivity contribution in [2.75, 3.05) is 13.2 Å². The van der Waals surface area contributed by atoms with E-state index in [2.05, 4.69) is 18.4 Å². The van der Waals surface area contributed by atoms with Gasteiger partial charge in [0.15, 0.2) is 6.10 Å². The second-order valence-electron chi connectivity index (χ2n) is 14.0. The molecule has 286 valence electrons. The first kappa shape index (κ1) is 47.0. The molecule has 0 rings (SSSR count). The largest absolute Gasteiger partial charge is 0.469 e. The Morgan fingerprint density at radius 1 is 0.458 bits per heavy atom. The van der Waals surface area contributed by atoms with Crippen LogP contribution < -0.4 is 0 Å². The predicted molar refractivity (Wildman–Crippen MR) is 198 cm³/mol. The molecule has 0 aromatic heterocycles. The number of phosphoric ester groups is 1. The van der Waals surface area contributed by atoms with E-state index in [0.29, 0.717) is 6.42 Å². The Kier molecular flexibility index (Phi) is 35.2. The molecule has 0 aliphatic heterocycles. The summed E-state index contributed by atoms with van der Waals surface area (Å²) in [5.74, 6) is -0.871. The maximum atomic E-state index is 12.4. The van der Waals surface area contributed by atoms with E-state index in [1.807, 2.05) is 0 Å². The second kappa shape index (κ2) is 35.9. The summed E-state index contributed by atoms with van der Waals surface area (Å²) in [6.45, 7) is 3.70. The molecule has 0 aliphatic rings. The topological polar surface area (TPSA) is 119 Å². The summed E-state index contributed by atoms with van der Waals surface area (Å²) < 4.78 is 26.3. The lowest BCUT2D eigenvalue weighted by atomic mass is 10.0. The molecule has 0 saturated heterocycles. The number of rotatable bonds is 38. The molecule has 8 nitrogen and oxygen atoms in total. The van der Waals surface area contributed by atoms with E-state index in [1.165, 1.54) is 154 Å². The van der Waals surface area contributed by atoms with E-state index in [4.69, 9.17) is 19.3 Å². The second-order valence-corrected chi connectivity index (χ2v) is 15.2. The molecule has 2 N–H and O–H groups in total. The SMILES string of the molecule is CCCCCCCCCCCCCCCCCCCCCC(=O)O[C@H](COC(=O)CCCCCCCCCCCCC)COP(=O)(O)O. The van der Waals surface area contributed by atoms with E-state index in [-0.39, 0.29) is 19.4 Å². The van der Waals surface area contributed by atoms with Crippen LogP contribution in [0, 0.1) is 0 Å². The van der Waals surface area contributed by atoms with Crippen molar-refractivity contribution in [3.63, 3.8) is 0 Å². The smallest absolute Gasteiger partial charge is 0.462 e. The van der Waals surface area contributed by atoms with Gasteiger partial charge in [-0.2, -0.15) is 0 Å². The van der Waals surface area contributed by atoms with Gasteiger partial charge in [-0.3, -0.25) is 14.1 Å². The molecule has 0 amide bonds. The normalized spacial score (nSPS) is 12.3. The molecule has 0 aromatic carbocycles. The average Bonchev–Trinajstić information content (AvgIpc) is 3.05. The first-order valence-electron chi connectivity index (χ1n) is 20.3. The van der Waals surface area contributed by atoms with Crippen molar-refractivity contribution in [2.45, 2.75) is 225 Å². The predicted octanol–water partition coefficient (Wildman–Crippen LogP) is 12.1. The van der Waals surface area contributed by atoms with Crippen LogP contribution in [-0.4, -0.2) is 41.0 Å². The van der Waals surface area contributed by atoms with Crippen molar-refractivity contribution in [3.8, 4) is 0 Å². The van der Waals surface area contributed by atoms with E-state index < -0.39 is 32.5 Å². The molecule has 48 heavy (non-hydrogen) atoms. The number of hydrogen-bond donors (Lipinski definition) is 2. The van der Waals surface area contributed by atoms with Crippen LogP contribution in [-0.2, 0) is 28.2 Å². The van der Waals surface area contributed by atoms with Crippen molar-refractivity contribution < 1.29 is 37.9 Å². The summed E-state index contributed by atoms with van der Waals surface area (Å²) in [5, 5.41) is 0. The molecule has 0 saturated carbocycles. The first-order valence-corrected chi connectivity index (χ1v) is 21.9. The lowest BCUT2D eigenvalue weighted by Crippen LogP contribution is -2.29. The van der Waals surface area contributed by atoms with Gasteiger partial charge in [0.25, 0.3) is 0 Å². The number of phosphoric acid groups is 1. The summed E-state index contributed by atoms with van der Waals surface area (Å²) in [4.78, 5) is 42.7. The van der Waals surface area contributed by atoms with E-state index in [1.54, 1.807) is 0 Å². The molecule has 9 heteroatoms. The number of unbranched alkanes of at least 4 members (excludes halogenated alkanes) is 28. The zero-order valence-electron chi connectivity index (χ0n) is 31.4. The molecule has 0 unspecified atom stereocenters. The number of ether oxygens (including phenoxy) is 2. The molecule has 0 aliphatic carbocycles. The molecule has 0 fully saturated rings. The number of carbonyl (C=O) groups excluding carboxylic acids is 2. The van der Waals surface area contributed by atoms with Gasteiger partial charge < -0.3 is 19.3 Å². The highest BCUT2D eigenvalue weighted by molar-refractivity contribution is 7.46. The molecule has 0 radical (unpaired) electrons. The monoisotopic (exact) mass is 705 g/mol. The van der Waals surface area contributed by atoms with Crippen LogP contribution in [0.2, 0.25) is 0 Å². The highest BCUT2D eigenvalue weighted by atomic mass is 31.2. The highest BCUT2D eigenvalue weighted by Crippen LogP contribution is 2.36. The summed E-state index contributed by atoms with van der Waals surface area (Å²) in [6, 6.07) is 0. The fraction of sp³-hybridized carbons (Fsp3) is 0.949. The quantitative estimate of drug-likeness (QED) is 0.0370. The maximum Gasteiger partial charge on any atom is 0.469 e. The van der Waals surface area contributed by atoms with E-state index >= 15 is 0 Å². The molecule has 0 bridgehead atoms. The van der Waals surface area contributed by atoms with Crippen LogP contribution >= 0.6 is 7.82 Å². The molecular formula is C39H77O8P. The molecule has 1 atom stereocenters. The van der Waals surface area contributed by atoms with Crippen LogP contribution in [0.25, 0.3) is 0 Å². The lowest BCUT2D eigenvalue weighted by molar-refractivity contribution is -0.161. The first-order chi connectivity index (χ1) is 23.3. The molecular weight excluding hydrogens is 627 g/mol. The number of carbonyl (C=O) groups is 2. The Labute approximate surface area is 295 Å². The average molecular weight is 705 g/mol. The third kappa shape index (κ3) is 37.9. The zero-order valence-corrected chi connectivity index (χ0v) is 32.3. The minimum atomic E-state index is -4.74. The summed E-state index contributed by atoms with van der Waals surface area (Å²) in [7, 11) is -4.74. The van der Waals surface area contributed by atoms with Crippen LogP contribution in [0.4, 0.5) is 0 Å². The Morgan fingerprint density at radius 2 is 0.750 bits per heavy atom. The Balaban J connectivity index is 3.84. The minimum absolute atomic E-state index is 0.220. The fourth-order valence-electron chi connectivity index (χ4n) is 6.08. The van der Waals surface area contributed by atoms with Gasteiger partial charge >= 0.3 is 19.8 Å². The molecule has 0 aromatic rings. The standard InChI is InChI=1S/C39H77O8P/c1-3-5-7-9-11-13-15-16-17-18-19-20-21-22-24-26-28-30-32-34-39(41)47-37(36-46-48(42,43)44)35-45-38(40)33-31-29-27-25-23-14-12-10-8-6-4-2/h37H,3-36H2,1-2H3,(H2,42,43,44)/t37-/m1/s1. The fourth-order valence-corrected chi connectivity index (χ4v) is 6.44. The third-order valence-electron chi connectivity index (χ3n) is 9.13. The summed E-state index contributed by atoms with van der Waals surface area (Å²) in [6.07, 6.45) is 36.8. The molecule has 0 heterocycles. The van der Waals surface area contributed by atoms with Crippen molar-refractivity contribution >= 4 is 19.8 Å². The van der Waals surface area contributed by atoms with Gasteiger partial charge in [0.05, 0.1) is 6.61 Å². The van der Waals surface area contributed by atoms with Crippen LogP contribution in [0.5, 0.6) is 0 Å². The van der Waals surface area contributed by atoms with Crippen molar-refractivity contribution in [1.29, 1.82) is 0 Å². The molecule has 0 spiro atoms. The van der Waals surface area contributed by atoms with Crippen LogP contribution in [0.15, 0.2) is 0 Å². The maximum absolute atomic E-state index is 12.4. The van der Waals surface area contributed by atoms with Gasteiger partial charge in [0.1, 0.15) is 6.61 Å². The minimum Gasteiger partial charge on any atom is -0.462 e. The van der Waals surface area contributed by atoms with Gasteiger partial charge in [-0.1, -0.05) is 194 Å². The van der Waals surface area contributed by atoms with Gasteiger partial charge in [-0.25, -0.2) is 4.57 Å². The van der Waals surface area contributed by atoms with Gasteiger partial charge in [-0.05, 0) is 12.8 Å². The number of esters is 2. The lowest BCUT2D eigenvalue weighted by Gasteiger charge is -2.18. The van der Waals surface area contributed by atoms with Crippen LogP contribution in [0.3, 0.4) is 0 Å². The van der Waals surface area contributed by atoms with E-state index in [0.717, 1.165) is 32.1 Å². The Morgan fingerprint density at radius 3 is 1.06 bits per heavy atom. The van der Waals surface area contributed by atoms with Gasteiger partial charge in [0, 0.05) is 12.8 Å². The third-order valence-corrected chi connectivity index (χ3v) is 9.61. The summed E-state index contributed by atoms with van der Waals surface area (Å²) in [5.41, 5.74) is 0. The Hall–Kier alpha value is -0.950. The van der Waals surface area contributed by atoms with Crippen molar-refractivity contribution in [3.05, 3.63) is 0 Å². The van der Waals surface area contributed by atoms with Gasteiger partial charge in [0.2, 0.25) is 0 Å². The van der Waals surface area contributed by atoms with Crippen molar-refractivity contribution in [1.82, 2.24) is 0 Å². The zero-order chi connectivity index (χ0) is 35.4. The number of hydrogen-bond acceptors (Lipinski definition) is 6. The highest BCUT2D eigenvalue weighted by Gasteiger charge is 2.22. The Bertz CT molecular complexity index is 756. The van der Waals surface area contributed by atoms with Gasteiger partial charge in [-0.15, -0.1) is 0 Å². The summed E-state index contributed by atoms with van der Waals surface area (Å²) >= 11 is 0. The van der Waals surface area contributed by atoms with Crippen LogP contribution in [0.1, 0.15) is 219 Å².